The van der Waals surface area contributed by atoms with E-state index in [1.807, 2.05) is 91.9 Å². The van der Waals surface area contributed by atoms with Gasteiger partial charge < -0.3 is 15.0 Å². The minimum absolute atomic E-state index is 0.0218. The molecule has 0 spiro atoms. The first-order valence-electron chi connectivity index (χ1n) is 12.1. The van der Waals surface area contributed by atoms with Crippen LogP contribution in [0.25, 0.3) is 11.1 Å². The number of nitrogens with one attached hydrogen (secondary N) is 1. The third-order valence-electron chi connectivity index (χ3n) is 6.24. The van der Waals surface area contributed by atoms with Crippen LogP contribution in [0.4, 0.5) is 11.4 Å². The predicted molar refractivity (Wildman–Crippen MR) is 141 cm³/mol. The van der Waals surface area contributed by atoms with Gasteiger partial charge in [0.1, 0.15) is 5.75 Å². The highest BCUT2D eigenvalue weighted by Gasteiger charge is 2.25. The van der Waals surface area contributed by atoms with Gasteiger partial charge in [0.15, 0.2) is 0 Å². The second kappa shape index (κ2) is 10.4. The fourth-order valence-electron chi connectivity index (χ4n) is 4.52. The van der Waals surface area contributed by atoms with E-state index in [9.17, 15) is 9.59 Å². The largest absolute Gasteiger partial charge is 0.494 e. The summed E-state index contributed by atoms with van der Waals surface area (Å²) in [6, 6.07) is 26.6. The highest BCUT2D eigenvalue weighted by Crippen LogP contribution is 2.32. The number of rotatable bonds is 7. The summed E-state index contributed by atoms with van der Waals surface area (Å²) in [5.74, 6) is 0.642. The van der Waals surface area contributed by atoms with Crippen LogP contribution in [0.15, 0.2) is 91.1 Å². The molecule has 4 aromatic rings. The van der Waals surface area contributed by atoms with Crippen molar-refractivity contribution < 1.29 is 14.3 Å². The molecule has 0 saturated heterocycles. The Bertz CT molecular complexity index is 1380. The molecule has 36 heavy (non-hydrogen) atoms. The van der Waals surface area contributed by atoms with E-state index >= 15 is 0 Å². The average molecular weight is 478 g/mol. The molecular weight excluding hydrogens is 450 g/mol. The Morgan fingerprint density at radius 3 is 2.56 bits per heavy atom. The van der Waals surface area contributed by atoms with Crippen molar-refractivity contribution in [2.45, 2.75) is 19.8 Å². The van der Waals surface area contributed by atoms with E-state index < -0.39 is 0 Å². The molecule has 180 valence electrons. The van der Waals surface area contributed by atoms with Crippen molar-refractivity contribution >= 4 is 23.2 Å². The normalized spacial score (nSPS) is 12.2. The number of aromatic nitrogens is 1. The smallest absolute Gasteiger partial charge is 0.256 e. The zero-order valence-corrected chi connectivity index (χ0v) is 20.1. The van der Waals surface area contributed by atoms with Crippen LogP contribution in [0, 0.1) is 0 Å². The van der Waals surface area contributed by atoms with Gasteiger partial charge in [-0.2, -0.15) is 0 Å². The van der Waals surface area contributed by atoms with Gasteiger partial charge in [-0.15, -0.1) is 0 Å². The van der Waals surface area contributed by atoms with Gasteiger partial charge in [0.25, 0.3) is 5.91 Å². The number of amides is 2. The van der Waals surface area contributed by atoms with E-state index in [-0.39, 0.29) is 18.2 Å². The molecular formula is C30H27N3O3. The molecule has 1 aliphatic rings. The number of fused-ring (bicyclic) bond motifs is 1. The van der Waals surface area contributed by atoms with E-state index in [0.717, 1.165) is 40.2 Å². The first-order valence-corrected chi connectivity index (χ1v) is 12.1. The van der Waals surface area contributed by atoms with Crippen molar-refractivity contribution in [1.29, 1.82) is 0 Å². The number of ether oxygens (including phenoxy) is 1. The molecule has 1 N–H and O–H groups in total. The molecule has 6 heteroatoms. The molecule has 0 aliphatic carbocycles. The fourth-order valence-corrected chi connectivity index (χ4v) is 4.52. The summed E-state index contributed by atoms with van der Waals surface area (Å²) >= 11 is 0. The molecule has 0 radical (unpaired) electrons. The molecule has 1 aliphatic heterocycles. The van der Waals surface area contributed by atoms with E-state index in [0.29, 0.717) is 24.4 Å². The summed E-state index contributed by atoms with van der Waals surface area (Å²) in [5, 5.41) is 3.04. The van der Waals surface area contributed by atoms with Crippen LogP contribution in [-0.4, -0.2) is 29.9 Å². The Morgan fingerprint density at radius 1 is 0.972 bits per heavy atom. The summed E-state index contributed by atoms with van der Waals surface area (Å²) in [6.07, 6.45) is 2.71. The molecule has 1 aromatic heterocycles. The van der Waals surface area contributed by atoms with Crippen LogP contribution in [0.3, 0.4) is 0 Å². The summed E-state index contributed by atoms with van der Waals surface area (Å²) in [6.45, 7) is 3.18. The number of pyridine rings is 1. The Morgan fingerprint density at radius 2 is 1.78 bits per heavy atom. The van der Waals surface area contributed by atoms with Crippen molar-refractivity contribution in [2.75, 3.05) is 23.4 Å². The maximum atomic E-state index is 13.2. The molecule has 0 fully saturated rings. The van der Waals surface area contributed by atoms with Crippen molar-refractivity contribution in [3.63, 3.8) is 0 Å². The molecule has 3 aromatic carbocycles. The Labute approximate surface area is 210 Å². The molecule has 0 unspecified atom stereocenters. The molecule has 2 heterocycles. The van der Waals surface area contributed by atoms with Crippen LogP contribution < -0.4 is 15.0 Å². The lowest BCUT2D eigenvalue weighted by Gasteiger charge is -2.17. The van der Waals surface area contributed by atoms with Crippen molar-refractivity contribution in [3.05, 3.63) is 108 Å². The van der Waals surface area contributed by atoms with Gasteiger partial charge in [0, 0.05) is 35.4 Å². The van der Waals surface area contributed by atoms with Crippen LogP contribution in [0.5, 0.6) is 5.75 Å². The quantitative estimate of drug-likeness (QED) is 0.380. The summed E-state index contributed by atoms with van der Waals surface area (Å²) < 4.78 is 5.53. The molecule has 0 saturated carbocycles. The first kappa shape index (κ1) is 23.3. The van der Waals surface area contributed by atoms with Crippen molar-refractivity contribution in [1.82, 2.24) is 4.98 Å². The number of benzene rings is 3. The summed E-state index contributed by atoms with van der Waals surface area (Å²) in [5.41, 5.74) is 5.79. The lowest BCUT2D eigenvalue weighted by atomic mass is 9.99. The van der Waals surface area contributed by atoms with Gasteiger partial charge in [0.05, 0.1) is 13.0 Å². The molecule has 6 nitrogen and oxygen atoms in total. The van der Waals surface area contributed by atoms with E-state index in [1.54, 1.807) is 11.1 Å². The monoisotopic (exact) mass is 477 g/mol. The zero-order chi connectivity index (χ0) is 24.9. The SMILES string of the molecule is CCOc1ccc(-c2ccccc2C(=O)Nc2ccc3c(c2)CCN3C(=O)Cc2ccccn2)cc1. The maximum absolute atomic E-state index is 13.2. The summed E-state index contributed by atoms with van der Waals surface area (Å²) in [7, 11) is 0. The van der Waals surface area contributed by atoms with Gasteiger partial charge in [-0.25, -0.2) is 0 Å². The van der Waals surface area contributed by atoms with Crippen molar-refractivity contribution in [2.24, 2.45) is 0 Å². The molecule has 2 amide bonds. The third-order valence-corrected chi connectivity index (χ3v) is 6.24. The lowest BCUT2D eigenvalue weighted by molar-refractivity contribution is -0.117. The third kappa shape index (κ3) is 4.98. The topological polar surface area (TPSA) is 71.5 Å². The van der Waals surface area contributed by atoms with Gasteiger partial charge in [-0.1, -0.05) is 36.4 Å². The zero-order valence-electron chi connectivity index (χ0n) is 20.1. The van der Waals surface area contributed by atoms with Crippen LogP contribution in [0.1, 0.15) is 28.5 Å². The number of carbonyl (C=O) groups excluding carboxylic acids is 2. The second-order valence-electron chi connectivity index (χ2n) is 8.59. The van der Waals surface area contributed by atoms with Crippen LogP contribution in [0.2, 0.25) is 0 Å². The minimum Gasteiger partial charge on any atom is -0.494 e. The summed E-state index contributed by atoms with van der Waals surface area (Å²) in [4.78, 5) is 32.2. The van der Waals surface area contributed by atoms with E-state index in [4.69, 9.17) is 4.74 Å². The maximum Gasteiger partial charge on any atom is 0.256 e. The van der Waals surface area contributed by atoms with Crippen LogP contribution in [-0.2, 0) is 17.6 Å². The highest BCUT2D eigenvalue weighted by molar-refractivity contribution is 6.09. The van der Waals surface area contributed by atoms with Gasteiger partial charge >= 0.3 is 0 Å². The van der Waals surface area contributed by atoms with Crippen LogP contribution >= 0.6 is 0 Å². The predicted octanol–water partition coefficient (Wildman–Crippen LogP) is 5.53. The van der Waals surface area contributed by atoms with Gasteiger partial charge in [-0.3, -0.25) is 14.6 Å². The first-order chi connectivity index (χ1) is 17.6. The highest BCUT2D eigenvalue weighted by atomic mass is 16.5. The Kier molecular flexibility index (Phi) is 6.76. The fraction of sp³-hybridized carbons (Fsp3) is 0.167. The number of hydrogen-bond donors (Lipinski definition) is 1. The van der Waals surface area contributed by atoms with E-state index in [1.165, 1.54) is 0 Å². The number of hydrogen-bond acceptors (Lipinski definition) is 4. The second-order valence-corrected chi connectivity index (χ2v) is 8.59. The number of anilines is 2. The Balaban J connectivity index is 1.31. The van der Waals surface area contributed by atoms with Crippen molar-refractivity contribution in [3.8, 4) is 16.9 Å². The lowest BCUT2D eigenvalue weighted by Crippen LogP contribution is -2.30. The number of nitrogens with zero attached hydrogens (tertiary/aromatic N) is 2. The molecule has 0 bridgehead atoms. The minimum atomic E-state index is -0.180. The Hall–Kier alpha value is -4.45. The van der Waals surface area contributed by atoms with Gasteiger partial charge in [0.2, 0.25) is 5.91 Å². The number of carbonyl (C=O) groups is 2. The standard InChI is InChI=1S/C30H27N3O3/c1-2-36-25-13-10-21(11-14-25)26-8-3-4-9-27(26)30(35)32-24-12-15-28-22(19-24)16-18-33(28)29(34)20-23-7-5-6-17-31-23/h3-15,17,19H,2,16,18,20H2,1H3,(H,32,35). The molecule has 0 atom stereocenters. The molecule has 5 rings (SSSR count). The van der Waals surface area contributed by atoms with Gasteiger partial charge in [-0.05, 0) is 78.6 Å². The van der Waals surface area contributed by atoms with E-state index in [2.05, 4.69) is 10.3 Å². The average Bonchev–Trinajstić information content (AvgIpc) is 3.33.